The van der Waals surface area contributed by atoms with E-state index in [1.165, 1.54) is 25.8 Å². The molecule has 7 heteroatoms. The Labute approximate surface area is 142 Å². The van der Waals surface area contributed by atoms with Crippen molar-refractivity contribution in [2.75, 3.05) is 31.1 Å². The van der Waals surface area contributed by atoms with Gasteiger partial charge in [-0.1, -0.05) is 12.5 Å². The quantitative estimate of drug-likeness (QED) is 0.893. The van der Waals surface area contributed by atoms with Gasteiger partial charge < -0.3 is 4.90 Å². The van der Waals surface area contributed by atoms with Crippen molar-refractivity contribution in [2.24, 2.45) is 5.14 Å². The van der Waals surface area contributed by atoms with E-state index in [0.717, 1.165) is 36.2 Å². The average Bonchev–Trinajstić information content (AvgIpc) is 2.59. The molecule has 2 saturated heterocycles. The van der Waals surface area contributed by atoms with Crippen molar-refractivity contribution in [2.45, 2.75) is 30.2 Å². The lowest BCUT2D eigenvalue weighted by Gasteiger charge is -2.44. The Morgan fingerprint density at radius 2 is 2.00 bits per heavy atom. The van der Waals surface area contributed by atoms with Crippen LogP contribution in [0.4, 0.5) is 5.82 Å². The molecule has 1 aromatic carbocycles. The van der Waals surface area contributed by atoms with Crippen LogP contribution in [0.2, 0.25) is 0 Å². The van der Waals surface area contributed by atoms with Crippen LogP contribution in [-0.4, -0.2) is 50.5 Å². The average molecular weight is 346 g/mol. The van der Waals surface area contributed by atoms with Crippen LogP contribution in [0.25, 0.3) is 10.8 Å². The zero-order valence-corrected chi connectivity index (χ0v) is 14.4. The lowest BCUT2D eigenvalue weighted by molar-refractivity contribution is 0.133. The number of aromatic nitrogens is 1. The molecule has 0 aliphatic carbocycles. The Hall–Kier alpha value is -1.70. The molecule has 1 aromatic heterocycles. The number of nitrogens with zero attached hydrogens (tertiary/aromatic N) is 3. The standard InChI is InChI=1S/C17H22N4O2S/c18-24(22,23)15-5-4-13-6-7-19-17(16(13)11-15)21-10-9-20-8-2-1-3-14(20)12-21/h4-7,11,14H,1-3,8-10,12H2,(H2,18,22,23). The third-order valence-electron chi connectivity index (χ3n) is 5.18. The summed E-state index contributed by atoms with van der Waals surface area (Å²) in [4.78, 5) is 9.57. The molecule has 1 atom stereocenters. The normalized spacial score (nSPS) is 22.5. The first-order valence-corrected chi connectivity index (χ1v) is 9.97. The Morgan fingerprint density at radius 3 is 2.83 bits per heavy atom. The molecule has 0 radical (unpaired) electrons. The van der Waals surface area contributed by atoms with Crippen molar-refractivity contribution in [3.8, 4) is 0 Å². The first kappa shape index (κ1) is 15.8. The van der Waals surface area contributed by atoms with E-state index in [9.17, 15) is 8.42 Å². The van der Waals surface area contributed by atoms with Gasteiger partial charge in [-0.25, -0.2) is 18.5 Å². The number of hydrogen-bond donors (Lipinski definition) is 1. The van der Waals surface area contributed by atoms with Gasteiger partial charge in [0.05, 0.1) is 4.90 Å². The first-order valence-electron chi connectivity index (χ1n) is 8.43. The first-order chi connectivity index (χ1) is 11.5. The second-order valence-corrected chi connectivity index (χ2v) is 8.26. The minimum absolute atomic E-state index is 0.139. The van der Waals surface area contributed by atoms with E-state index in [1.54, 1.807) is 24.4 Å². The fraction of sp³-hybridized carbons (Fsp3) is 0.471. The van der Waals surface area contributed by atoms with Crippen LogP contribution in [0.1, 0.15) is 19.3 Å². The predicted molar refractivity (Wildman–Crippen MR) is 94.5 cm³/mol. The number of benzene rings is 1. The molecule has 0 bridgehead atoms. The summed E-state index contributed by atoms with van der Waals surface area (Å²) in [5.41, 5.74) is 0. The Kier molecular flexibility index (Phi) is 3.94. The number of pyridine rings is 1. The third-order valence-corrected chi connectivity index (χ3v) is 6.09. The predicted octanol–water partition coefficient (Wildman–Crippen LogP) is 1.56. The highest BCUT2D eigenvalue weighted by Crippen LogP contribution is 2.30. The van der Waals surface area contributed by atoms with Crippen LogP contribution in [0.15, 0.2) is 35.4 Å². The van der Waals surface area contributed by atoms with Gasteiger partial charge in [0.25, 0.3) is 0 Å². The van der Waals surface area contributed by atoms with E-state index in [0.29, 0.717) is 6.04 Å². The molecule has 128 valence electrons. The zero-order valence-electron chi connectivity index (χ0n) is 13.6. The number of piperidine rings is 1. The summed E-state index contributed by atoms with van der Waals surface area (Å²) >= 11 is 0. The van der Waals surface area contributed by atoms with E-state index in [2.05, 4.69) is 14.8 Å². The summed E-state index contributed by atoms with van der Waals surface area (Å²) < 4.78 is 23.4. The Bertz CT molecular complexity index is 868. The van der Waals surface area contributed by atoms with Crippen LogP contribution in [0, 0.1) is 0 Å². The van der Waals surface area contributed by atoms with Gasteiger partial charge in [0.1, 0.15) is 5.82 Å². The Morgan fingerprint density at radius 1 is 1.12 bits per heavy atom. The second kappa shape index (κ2) is 5.98. The zero-order chi connectivity index (χ0) is 16.7. The number of anilines is 1. The molecular formula is C17H22N4O2S. The molecule has 24 heavy (non-hydrogen) atoms. The van der Waals surface area contributed by atoms with Gasteiger partial charge in [-0.3, -0.25) is 4.90 Å². The minimum atomic E-state index is -3.72. The minimum Gasteiger partial charge on any atom is -0.353 e. The highest BCUT2D eigenvalue weighted by atomic mass is 32.2. The van der Waals surface area contributed by atoms with E-state index >= 15 is 0 Å². The van der Waals surface area contributed by atoms with Crippen molar-refractivity contribution in [3.63, 3.8) is 0 Å². The number of sulfonamides is 1. The van der Waals surface area contributed by atoms with Gasteiger partial charge in [0.2, 0.25) is 10.0 Å². The number of nitrogens with two attached hydrogens (primary N) is 1. The number of rotatable bonds is 2. The molecule has 2 aromatic rings. The highest BCUT2D eigenvalue weighted by Gasteiger charge is 2.30. The molecule has 0 spiro atoms. The van der Waals surface area contributed by atoms with Crippen molar-refractivity contribution >= 4 is 26.6 Å². The molecule has 0 amide bonds. The lowest BCUT2D eigenvalue weighted by Crippen LogP contribution is -2.55. The number of primary sulfonamides is 1. The van der Waals surface area contributed by atoms with Crippen LogP contribution in [0.3, 0.4) is 0 Å². The fourth-order valence-corrected chi connectivity index (χ4v) is 4.45. The molecule has 2 N–H and O–H groups in total. The molecule has 2 aliphatic heterocycles. The van der Waals surface area contributed by atoms with Gasteiger partial charge >= 0.3 is 0 Å². The van der Waals surface area contributed by atoms with Gasteiger partial charge in [0, 0.05) is 37.3 Å². The van der Waals surface area contributed by atoms with Crippen molar-refractivity contribution in [1.29, 1.82) is 0 Å². The summed E-state index contributed by atoms with van der Waals surface area (Å²) in [6.45, 7) is 4.10. The molecule has 1 unspecified atom stereocenters. The smallest absolute Gasteiger partial charge is 0.238 e. The van der Waals surface area contributed by atoms with Crippen LogP contribution in [0.5, 0.6) is 0 Å². The maximum atomic E-state index is 11.7. The molecule has 0 saturated carbocycles. The summed E-state index contributed by atoms with van der Waals surface area (Å²) in [5.74, 6) is 0.864. The molecular weight excluding hydrogens is 324 g/mol. The molecule has 2 aliphatic rings. The Balaban J connectivity index is 1.73. The van der Waals surface area contributed by atoms with Gasteiger partial charge in [-0.2, -0.15) is 0 Å². The van der Waals surface area contributed by atoms with Crippen LogP contribution in [-0.2, 0) is 10.0 Å². The van der Waals surface area contributed by atoms with Gasteiger partial charge in [-0.05, 0) is 43.0 Å². The van der Waals surface area contributed by atoms with E-state index in [4.69, 9.17) is 5.14 Å². The monoisotopic (exact) mass is 346 g/mol. The maximum absolute atomic E-state index is 11.7. The van der Waals surface area contributed by atoms with E-state index in [1.807, 2.05) is 6.07 Å². The topological polar surface area (TPSA) is 79.5 Å². The van der Waals surface area contributed by atoms with Crippen molar-refractivity contribution < 1.29 is 8.42 Å². The lowest BCUT2D eigenvalue weighted by atomic mass is 9.99. The summed E-state index contributed by atoms with van der Waals surface area (Å²) in [6, 6.07) is 7.49. The van der Waals surface area contributed by atoms with Crippen LogP contribution < -0.4 is 10.0 Å². The SMILES string of the molecule is NS(=O)(=O)c1ccc2ccnc(N3CCN4CCCCC4C3)c2c1. The molecule has 4 rings (SSSR count). The van der Waals surface area contributed by atoms with E-state index in [-0.39, 0.29) is 4.90 Å². The number of piperazine rings is 1. The largest absolute Gasteiger partial charge is 0.353 e. The summed E-state index contributed by atoms with van der Waals surface area (Å²) in [5, 5.41) is 7.13. The fourth-order valence-electron chi connectivity index (χ4n) is 3.91. The second-order valence-electron chi connectivity index (χ2n) is 6.69. The maximum Gasteiger partial charge on any atom is 0.238 e. The number of fused-ring (bicyclic) bond motifs is 2. The van der Waals surface area contributed by atoms with Gasteiger partial charge in [0.15, 0.2) is 0 Å². The third kappa shape index (κ3) is 2.87. The summed E-state index contributed by atoms with van der Waals surface area (Å²) in [6.07, 6.45) is 5.60. The molecule has 2 fully saturated rings. The molecule has 3 heterocycles. The van der Waals surface area contributed by atoms with Gasteiger partial charge in [-0.15, -0.1) is 0 Å². The highest BCUT2D eigenvalue weighted by molar-refractivity contribution is 7.89. The van der Waals surface area contributed by atoms with Crippen molar-refractivity contribution in [1.82, 2.24) is 9.88 Å². The summed E-state index contributed by atoms with van der Waals surface area (Å²) in [7, 11) is -3.72. The van der Waals surface area contributed by atoms with Crippen LogP contribution >= 0.6 is 0 Å². The number of hydrogen-bond acceptors (Lipinski definition) is 5. The van der Waals surface area contributed by atoms with Crippen molar-refractivity contribution in [3.05, 3.63) is 30.5 Å². The molecule has 6 nitrogen and oxygen atoms in total. The van der Waals surface area contributed by atoms with E-state index < -0.39 is 10.0 Å².